The number of nitro benzene ring substituents is 1. The van der Waals surface area contributed by atoms with Crippen LogP contribution in [0.1, 0.15) is 15.9 Å². The van der Waals surface area contributed by atoms with Gasteiger partial charge in [-0.25, -0.2) is 9.18 Å². The number of non-ortho nitro benzene ring substituents is 1. The third-order valence-corrected chi connectivity index (χ3v) is 2.87. The number of halogens is 1. The van der Waals surface area contributed by atoms with Gasteiger partial charge in [0, 0.05) is 12.1 Å². The smallest absolute Gasteiger partial charge is 0.342 e. The van der Waals surface area contributed by atoms with Crippen LogP contribution in [-0.4, -0.2) is 18.0 Å². The van der Waals surface area contributed by atoms with Gasteiger partial charge in [-0.15, -0.1) is 0 Å². The van der Waals surface area contributed by atoms with E-state index in [0.717, 1.165) is 6.07 Å². The highest BCUT2D eigenvalue weighted by Crippen LogP contribution is 2.25. The monoisotopic (exact) mass is 305 g/mol. The van der Waals surface area contributed by atoms with Crippen molar-refractivity contribution in [2.75, 3.05) is 7.11 Å². The number of hydrogen-bond acceptors (Lipinski definition) is 5. The predicted molar refractivity (Wildman–Crippen MR) is 75.2 cm³/mol. The normalized spacial score (nSPS) is 10.1. The summed E-state index contributed by atoms with van der Waals surface area (Å²) < 4.78 is 23.1. The Kier molecular flexibility index (Phi) is 4.67. The lowest BCUT2D eigenvalue weighted by atomic mass is 10.1. The molecule has 0 aliphatic carbocycles. The van der Waals surface area contributed by atoms with Gasteiger partial charge in [0.1, 0.15) is 23.7 Å². The van der Waals surface area contributed by atoms with Crippen molar-refractivity contribution in [1.29, 1.82) is 0 Å². The van der Waals surface area contributed by atoms with Crippen LogP contribution >= 0.6 is 0 Å². The number of carbonyl (C=O) groups is 1. The minimum atomic E-state index is -0.787. The summed E-state index contributed by atoms with van der Waals surface area (Å²) in [4.78, 5) is 22.2. The molecule has 0 radical (unpaired) electrons. The average Bonchev–Trinajstić information content (AvgIpc) is 2.52. The average molecular weight is 305 g/mol. The van der Waals surface area contributed by atoms with Gasteiger partial charge in [-0.1, -0.05) is 12.1 Å². The summed E-state index contributed by atoms with van der Waals surface area (Å²) in [6.07, 6.45) is 0. The van der Waals surface area contributed by atoms with E-state index in [1.807, 2.05) is 0 Å². The number of ether oxygens (including phenoxy) is 2. The van der Waals surface area contributed by atoms with Gasteiger partial charge >= 0.3 is 5.97 Å². The molecule has 0 aliphatic rings. The number of hydrogen-bond donors (Lipinski definition) is 0. The first kappa shape index (κ1) is 15.4. The van der Waals surface area contributed by atoms with E-state index in [4.69, 9.17) is 9.47 Å². The zero-order chi connectivity index (χ0) is 16.1. The molecule has 0 saturated heterocycles. The lowest BCUT2D eigenvalue weighted by molar-refractivity contribution is -0.384. The zero-order valence-corrected chi connectivity index (χ0v) is 11.6. The first-order chi connectivity index (χ1) is 10.5. The van der Waals surface area contributed by atoms with Gasteiger partial charge in [0.05, 0.1) is 12.0 Å². The first-order valence-corrected chi connectivity index (χ1v) is 6.25. The minimum absolute atomic E-state index is 0.0619. The summed E-state index contributed by atoms with van der Waals surface area (Å²) >= 11 is 0. The van der Waals surface area contributed by atoms with Crippen molar-refractivity contribution in [3.05, 3.63) is 69.5 Å². The van der Waals surface area contributed by atoms with Crippen LogP contribution in [0.25, 0.3) is 0 Å². The van der Waals surface area contributed by atoms with Gasteiger partial charge in [-0.2, -0.15) is 0 Å². The van der Waals surface area contributed by atoms with Crippen LogP contribution in [0.5, 0.6) is 5.75 Å². The Morgan fingerprint density at radius 1 is 1.27 bits per heavy atom. The molecule has 0 bridgehead atoms. The molecular weight excluding hydrogens is 293 g/mol. The summed E-state index contributed by atoms with van der Waals surface area (Å²) in [6, 6.07) is 9.21. The molecule has 2 aromatic rings. The number of nitrogens with zero attached hydrogens (tertiary/aromatic N) is 1. The SMILES string of the molecule is COc1ccc([N+](=O)[O-])cc1C(=O)OCc1cccc(F)c1. The number of nitro groups is 1. The first-order valence-electron chi connectivity index (χ1n) is 6.25. The maximum atomic E-state index is 13.0. The maximum Gasteiger partial charge on any atom is 0.342 e. The van der Waals surface area contributed by atoms with Crippen molar-refractivity contribution in [1.82, 2.24) is 0 Å². The molecule has 0 fully saturated rings. The Balaban J connectivity index is 2.18. The lowest BCUT2D eigenvalue weighted by Crippen LogP contribution is -2.08. The van der Waals surface area contributed by atoms with Crippen LogP contribution in [0.15, 0.2) is 42.5 Å². The predicted octanol–water partition coefficient (Wildman–Crippen LogP) is 3.10. The maximum absolute atomic E-state index is 13.0. The molecule has 22 heavy (non-hydrogen) atoms. The molecule has 6 nitrogen and oxygen atoms in total. The van der Waals surface area contributed by atoms with Gasteiger partial charge in [0.15, 0.2) is 0 Å². The Morgan fingerprint density at radius 2 is 2.05 bits per heavy atom. The summed E-state index contributed by atoms with van der Waals surface area (Å²) in [5.41, 5.74) is 0.157. The number of carbonyl (C=O) groups excluding carboxylic acids is 1. The number of esters is 1. The van der Waals surface area contributed by atoms with E-state index < -0.39 is 16.7 Å². The summed E-state index contributed by atoms with van der Waals surface area (Å²) in [5.74, 6) is -1.07. The molecule has 0 N–H and O–H groups in total. The lowest BCUT2D eigenvalue weighted by Gasteiger charge is -2.09. The zero-order valence-electron chi connectivity index (χ0n) is 11.6. The molecule has 0 aliphatic heterocycles. The minimum Gasteiger partial charge on any atom is -0.496 e. The van der Waals surface area contributed by atoms with E-state index in [1.165, 1.54) is 37.4 Å². The Hall–Kier alpha value is -2.96. The second kappa shape index (κ2) is 6.66. The summed E-state index contributed by atoms with van der Waals surface area (Å²) in [6.45, 7) is -0.150. The van der Waals surface area contributed by atoms with Gasteiger partial charge in [0.25, 0.3) is 5.69 Å². The Bertz CT molecular complexity index is 717. The third kappa shape index (κ3) is 3.57. The van der Waals surface area contributed by atoms with E-state index in [-0.39, 0.29) is 23.6 Å². The largest absolute Gasteiger partial charge is 0.496 e. The number of methoxy groups -OCH3 is 1. The number of benzene rings is 2. The second-order valence-corrected chi connectivity index (χ2v) is 4.35. The highest BCUT2D eigenvalue weighted by Gasteiger charge is 2.18. The molecule has 0 saturated carbocycles. The highest BCUT2D eigenvalue weighted by atomic mass is 19.1. The molecule has 2 rings (SSSR count). The fraction of sp³-hybridized carbons (Fsp3) is 0.133. The van der Waals surface area contributed by atoms with Gasteiger partial charge in [0.2, 0.25) is 0 Å². The highest BCUT2D eigenvalue weighted by molar-refractivity contribution is 5.93. The van der Waals surface area contributed by atoms with Gasteiger partial charge in [-0.3, -0.25) is 10.1 Å². The summed E-state index contributed by atoms with van der Waals surface area (Å²) in [7, 11) is 1.34. The fourth-order valence-electron chi connectivity index (χ4n) is 1.82. The molecule has 7 heteroatoms. The van der Waals surface area contributed by atoms with Crippen molar-refractivity contribution in [2.24, 2.45) is 0 Å². The fourth-order valence-corrected chi connectivity index (χ4v) is 1.82. The molecule has 114 valence electrons. The van der Waals surface area contributed by atoms with Crippen molar-refractivity contribution >= 4 is 11.7 Å². The molecule has 0 aromatic heterocycles. The summed E-state index contributed by atoms with van der Waals surface area (Å²) in [5, 5.41) is 10.8. The van der Waals surface area contributed by atoms with Gasteiger partial charge < -0.3 is 9.47 Å². The topological polar surface area (TPSA) is 78.7 Å². The molecule has 0 unspecified atom stereocenters. The van der Waals surface area contributed by atoms with Crippen LogP contribution in [0.2, 0.25) is 0 Å². The molecule has 0 atom stereocenters. The van der Waals surface area contributed by atoms with Crippen LogP contribution in [0.4, 0.5) is 10.1 Å². The van der Waals surface area contributed by atoms with E-state index in [9.17, 15) is 19.3 Å². The van der Waals surface area contributed by atoms with Crippen molar-refractivity contribution in [2.45, 2.75) is 6.61 Å². The Morgan fingerprint density at radius 3 is 2.68 bits per heavy atom. The Labute approximate surface area is 125 Å². The number of rotatable bonds is 5. The van der Waals surface area contributed by atoms with Crippen LogP contribution in [0.3, 0.4) is 0 Å². The van der Waals surface area contributed by atoms with E-state index in [0.29, 0.717) is 5.56 Å². The van der Waals surface area contributed by atoms with E-state index in [1.54, 1.807) is 6.07 Å². The standard InChI is InChI=1S/C15H12FNO5/c1-21-14-6-5-12(17(19)20)8-13(14)15(18)22-9-10-3-2-4-11(16)7-10/h2-8H,9H2,1H3. The molecule has 0 spiro atoms. The third-order valence-electron chi connectivity index (χ3n) is 2.87. The van der Waals surface area contributed by atoms with Crippen LogP contribution < -0.4 is 4.74 Å². The second-order valence-electron chi connectivity index (χ2n) is 4.35. The van der Waals surface area contributed by atoms with Crippen molar-refractivity contribution in [3.63, 3.8) is 0 Å². The quantitative estimate of drug-likeness (QED) is 0.482. The molecular formula is C15H12FNO5. The van der Waals surface area contributed by atoms with Crippen molar-refractivity contribution in [3.8, 4) is 5.75 Å². The van der Waals surface area contributed by atoms with Crippen molar-refractivity contribution < 1.29 is 23.6 Å². The van der Waals surface area contributed by atoms with E-state index >= 15 is 0 Å². The van der Waals surface area contributed by atoms with Gasteiger partial charge in [-0.05, 0) is 23.8 Å². The molecule has 2 aromatic carbocycles. The van der Waals surface area contributed by atoms with Crippen LogP contribution in [-0.2, 0) is 11.3 Å². The van der Waals surface area contributed by atoms with Crippen LogP contribution in [0, 0.1) is 15.9 Å². The molecule has 0 heterocycles. The molecule has 0 amide bonds. The van der Waals surface area contributed by atoms with E-state index in [2.05, 4.69) is 0 Å².